The van der Waals surface area contributed by atoms with Crippen molar-refractivity contribution in [2.45, 2.75) is 64.3 Å². The molecule has 5 atom stereocenters. The Balaban J connectivity index is 3.07. The first-order valence-corrected chi connectivity index (χ1v) is 7.69. The van der Waals surface area contributed by atoms with Gasteiger partial charge in [-0.15, -0.1) is 0 Å². The molecule has 0 amide bonds. The molecule has 2 unspecified atom stereocenters. The van der Waals surface area contributed by atoms with E-state index in [0.29, 0.717) is 6.42 Å². The summed E-state index contributed by atoms with van der Waals surface area (Å²) in [6.07, 6.45) is -5.07. The van der Waals surface area contributed by atoms with Crippen LogP contribution in [0.4, 0.5) is 0 Å². The van der Waals surface area contributed by atoms with Crippen molar-refractivity contribution < 1.29 is 43.2 Å². The number of hydrogen-bond acceptors (Lipinski definition) is 9. The molecule has 0 radical (unpaired) electrons. The van der Waals surface area contributed by atoms with E-state index in [9.17, 15) is 19.5 Å². The van der Waals surface area contributed by atoms with Crippen LogP contribution in [0.2, 0.25) is 0 Å². The molecule has 24 heavy (non-hydrogen) atoms. The molecule has 0 bridgehead atoms. The number of esters is 3. The van der Waals surface area contributed by atoms with Gasteiger partial charge in [-0.1, -0.05) is 13.3 Å². The number of carbonyl (C=O) groups excluding carboxylic acids is 3. The Morgan fingerprint density at radius 3 is 2.21 bits per heavy atom. The van der Waals surface area contributed by atoms with Gasteiger partial charge in [-0.3, -0.25) is 9.59 Å². The number of carbonyl (C=O) groups is 3. The molecule has 1 aliphatic heterocycles. The van der Waals surface area contributed by atoms with E-state index in [0.717, 1.165) is 27.4 Å². The zero-order valence-corrected chi connectivity index (χ0v) is 14.2. The highest BCUT2D eigenvalue weighted by molar-refractivity contribution is 5.76. The van der Waals surface area contributed by atoms with Crippen LogP contribution in [0.5, 0.6) is 0 Å². The van der Waals surface area contributed by atoms with Crippen LogP contribution < -0.4 is 0 Å². The second kappa shape index (κ2) is 9.55. The zero-order chi connectivity index (χ0) is 18.3. The highest BCUT2D eigenvalue weighted by Gasteiger charge is 2.52. The van der Waals surface area contributed by atoms with Crippen molar-refractivity contribution in [3.63, 3.8) is 0 Å². The third-order valence-corrected chi connectivity index (χ3v) is 3.35. The first-order valence-electron chi connectivity index (χ1n) is 7.69. The molecule has 1 heterocycles. The number of aliphatic hydroxyl groups is 1. The highest BCUT2D eigenvalue weighted by Crippen LogP contribution is 2.28. The summed E-state index contributed by atoms with van der Waals surface area (Å²) in [5.74, 6) is -2.23. The fourth-order valence-electron chi connectivity index (χ4n) is 2.26. The van der Waals surface area contributed by atoms with Gasteiger partial charge >= 0.3 is 17.9 Å². The van der Waals surface area contributed by atoms with Crippen LogP contribution in [0.15, 0.2) is 0 Å². The first kappa shape index (κ1) is 20.3. The first-order chi connectivity index (χ1) is 11.3. The Hall–Kier alpha value is -1.71. The molecule has 0 spiro atoms. The van der Waals surface area contributed by atoms with Crippen molar-refractivity contribution in [3.05, 3.63) is 0 Å². The largest absolute Gasteiger partial charge is 0.467 e. The third kappa shape index (κ3) is 5.43. The fourth-order valence-corrected chi connectivity index (χ4v) is 2.26. The van der Waals surface area contributed by atoms with E-state index in [1.54, 1.807) is 0 Å². The van der Waals surface area contributed by atoms with E-state index >= 15 is 0 Å². The summed E-state index contributed by atoms with van der Waals surface area (Å²) in [5, 5.41) is 10.4. The van der Waals surface area contributed by atoms with Gasteiger partial charge in [0.1, 0.15) is 12.2 Å². The minimum Gasteiger partial charge on any atom is -0.467 e. The molecular formula is C15H24O9. The quantitative estimate of drug-likeness (QED) is 0.383. The number of ether oxygens (including phenoxy) is 5. The van der Waals surface area contributed by atoms with Crippen LogP contribution in [0.3, 0.4) is 0 Å². The molecule has 0 saturated carbocycles. The summed E-state index contributed by atoms with van der Waals surface area (Å²) in [7, 11) is 1.13. The molecule has 1 N–H and O–H groups in total. The maximum absolute atomic E-state index is 11.8. The van der Waals surface area contributed by atoms with E-state index in [4.69, 9.17) is 18.9 Å². The van der Waals surface area contributed by atoms with Crippen molar-refractivity contribution in [2.24, 2.45) is 0 Å². The summed E-state index contributed by atoms with van der Waals surface area (Å²) < 4.78 is 25.5. The van der Waals surface area contributed by atoms with Crippen molar-refractivity contribution in [2.75, 3.05) is 13.7 Å². The third-order valence-electron chi connectivity index (χ3n) is 3.35. The van der Waals surface area contributed by atoms with Crippen LogP contribution >= 0.6 is 0 Å². The molecule has 1 rings (SSSR count). The van der Waals surface area contributed by atoms with Crippen molar-refractivity contribution in [1.29, 1.82) is 0 Å². The van der Waals surface area contributed by atoms with E-state index in [2.05, 4.69) is 4.74 Å². The van der Waals surface area contributed by atoms with Gasteiger partial charge in [0.15, 0.2) is 12.2 Å². The maximum Gasteiger partial charge on any atom is 0.337 e. The SMILES string of the molecule is CCCCOC1[C@H](OC(C)=O)C(OC(C)=O)O[C@@H](C(=O)OC)[C@H]1O. The molecule has 1 fully saturated rings. The number of methoxy groups -OCH3 is 1. The van der Waals surface area contributed by atoms with Crippen molar-refractivity contribution in [1.82, 2.24) is 0 Å². The van der Waals surface area contributed by atoms with Crippen LogP contribution in [0.25, 0.3) is 0 Å². The summed E-state index contributed by atoms with van der Waals surface area (Å²) in [4.78, 5) is 34.4. The van der Waals surface area contributed by atoms with E-state index in [-0.39, 0.29) is 6.61 Å². The standard InChI is InChI=1S/C15H24O9/c1-5-6-7-21-11-10(18)12(14(19)20-4)24-15(23-9(3)17)13(11)22-8(2)16/h10-13,15,18H,5-7H2,1-4H3/t10-,11?,12+,13-,15?/m0/s1. The van der Waals surface area contributed by atoms with Gasteiger partial charge in [0.05, 0.1) is 7.11 Å². The summed E-state index contributed by atoms with van der Waals surface area (Å²) in [6, 6.07) is 0. The van der Waals surface area contributed by atoms with E-state index in [1.807, 2.05) is 6.92 Å². The van der Waals surface area contributed by atoms with Crippen molar-refractivity contribution >= 4 is 17.9 Å². The Morgan fingerprint density at radius 1 is 1.08 bits per heavy atom. The second-order valence-corrected chi connectivity index (χ2v) is 5.31. The highest BCUT2D eigenvalue weighted by atomic mass is 16.7. The lowest BCUT2D eigenvalue weighted by atomic mass is 9.98. The topological polar surface area (TPSA) is 118 Å². The Morgan fingerprint density at radius 2 is 1.71 bits per heavy atom. The van der Waals surface area contributed by atoms with Crippen LogP contribution in [0, 0.1) is 0 Å². The van der Waals surface area contributed by atoms with Gasteiger partial charge in [0.25, 0.3) is 0 Å². The minimum absolute atomic E-state index is 0.261. The van der Waals surface area contributed by atoms with Crippen LogP contribution in [-0.4, -0.2) is 67.4 Å². The van der Waals surface area contributed by atoms with Gasteiger partial charge in [-0.05, 0) is 6.42 Å². The number of unbranched alkanes of at least 4 members (excludes halogenated alkanes) is 1. The predicted octanol–water partition coefficient (Wildman–Crippen LogP) is -0.0747. The molecule has 1 saturated heterocycles. The van der Waals surface area contributed by atoms with Gasteiger partial charge in [0, 0.05) is 20.5 Å². The molecule has 9 heteroatoms. The summed E-state index contributed by atoms with van der Waals surface area (Å²) in [5.41, 5.74) is 0. The molecule has 0 aromatic heterocycles. The van der Waals surface area contributed by atoms with Gasteiger partial charge < -0.3 is 28.8 Å². The number of hydrogen-bond donors (Lipinski definition) is 1. The summed E-state index contributed by atoms with van der Waals surface area (Å²) >= 11 is 0. The lowest BCUT2D eigenvalue weighted by Crippen LogP contribution is -2.62. The van der Waals surface area contributed by atoms with Gasteiger partial charge in [-0.25, -0.2) is 4.79 Å². The molecule has 1 aliphatic rings. The smallest absolute Gasteiger partial charge is 0.337 e. The fraction of sp³-hybridized carbons (Fsp3) is 0.800. The lowest BCUT2D eigenvalue weighted by molar-refractivity contribution is -0.296. The molecule has 9 nitrogen and oxygen atoms in total. The molecular weight excluding hydrogens is 324 g/mol. The van der Waals surface area contributed by atoms with Crippen LogP contribution in [0.1, 0.15) is 33.6 Å². The summed E-state index contributed by atoms with van der Waals surface area (Å²) in [6.45, 7) is 4.51. The van der Waals surface area contributed by atoms with Gasteiger partial charge in [0.2, 0.25) is 6.29 Å². The normalized spacial score (nSPS) is 29.6. The van der Waals surface area contributed by atoms with Crippen molar-refractivity contribution in [3.8, 4) is 0 Å². The monoisotopic (exact) mass is 348 g/mol. The molecule has 0 aromatic rings. The molecule has 0 aliphatic carbocycles. The predicted molar refractivity (Wildman–Crippen MR) is 78.7 cm³/mol. The van der Waals surface area contributed by atoms with Gasteiger partial charge in [-0.2, -0.15) is 0 Å². The second-order valence-electron chi connectivity index (χ2n) is 5.31. The Bertz CT molecular complexity index is 450. The maximum atomic E-state index is 11.8. The minimum atomic E-state index is -1.45. The Labute approximate surface area is 140 Å². The lowest BCUT2D eigenvalue weighted by Gasteiger charge is -2.41. The average molecular weight is 348 g/mol. The molecule has 0 aromatic carbocycles. The number of aliphatic hydroxyl groups excluding tert-OH is 1. The zero-order valence-electron chi connectivity index (χ0n) is 14.2. The van der Waals surface area contributed by atoms with E-state index in [1.165, 1.54) is 0 Å². The Kier molecular flexibility index (Phi) is 8.09. The number of rotatable bonds is 7. The molecule has 138 valence electrons. The van der Waals surface area contributed by atoms with E-state index < -0.39 is 48.6 Å². The van der Waals surface area contributed by atoms with Crippen LogP contribution in [-0.2, 0) is 38.1 Å². The average Bonchev–Trinajstić information content (AvgIpc) is 2.51.